The zero-order chi connectivity index (χ0) is 21.4. The van der Waals surface area contributed by atoms with Crippen molar-refractivity contribution >= 4 is 51.9 Å². The Balaban J connectivity index is 1.78. The van der Waals surface area contributed by atoms with E-state index in [9.17, 15) is 9.90 Å². The summed E-state index contributed by atoms with van der Waals surface area (Å²) in [5.74, 6) is 0.948. The molecule has 1 amide bonds. The van der Waals surface area contributed by atoms with Gasteiger partial charge in [-0.2, -0.15) is 0 Å². The van der Waals surface area contributed by atoms with Gasteiger partial charge in [-0.05, 0) is 54.9 Å². The molecule has 0 aliphatic rings. The molecule has 0 unspecified atom stereocenters. The minimum Gasteiger partial charge on any atom is -0.464 e. The number of rotatable bonds is 4. The SMILES string of the molecule is Cc1ccc(N(C(=O)O)c2nc3cc(N(C)c4ccnc(Cl)n4)ccc3n2C)cc1. The van der Waals surface area contributed by atoms with E-state index in [0.717, 1.165) is 16.8 Å². The van der Waals surface area contributed by atoms with Crippen molar-refractivity contribution in [3.63, 3.8) is 0 Å². The van der Waals surface area contributed by atoms with Crippen molar-refractivity contribution in [2.45, 2.75) is 6.92 Å². The number of benzene rings is 2. The minimum absolute atomic E-state index is 0.163. The predicted molar refractivity (Wildman–Crippen MR) is 117 cm³/mol. The molecule has 0 radical (unpaired) electrons. The lowest BCUT2D eigenvalue weighted by molar-refractivity contribution is 0.204. The first-order valence-corrected chi connectivity index (χ1v) is 9.51. The van der Waals surface area contributed by atoms with E-state index in [-0.39, 0.29) is 5.28 Å². The maximum atomic E-state index is 12.0. The van der Waals surface area contributed by atoms with Crippen LogP contribution in [-0.4, -0.2) is 37.8 Å². The molecular formula is C21H19ClN6O2. The van der Waals surface area contributed by atoms with Crippen LogP contribution in [0.5, 0.6) is 0 Å². The first-order chi connectivity index (χ1) is 14.3. The van der Waals surface area contributed by atoms with Gasteiger partial charge in [0.15, 0.2) is 0 Å². The molecule has 0 fully saturated rings. The summed E-state index contributed by atoms with van der Waals surface area (Å²) in [5, 5.41) is 10.0. The average molecular weight is 423 g/mol. The van der Waals surface area contributed by atoms with Gasteiger partial charge in [0, 0.05) is 26.0 Å². The topological polar surface area (TPSA) is 87.4 Å². The van der Waals surface area contributed by atoms with Crippen LogP contribution in [0.2, 0.25) is 5.28 Å². The second-order valence-electron chi connectivity index (χ2n) is 6.84. The lowest BCUT2D eigenvalue weighted by Gasteiger charge is -2.18. The van der Waals surface area contributed by atoms with E-state index in [1.54, 1.807) is 36.0 Å². The number of halogens is 1. The molecule has 4 aromatic rings. The summed E-state index contributed by atoms with van der Waals surface area (Å²) in [5.41, 5.74) is 3.88. The van der Waals surface area contributed by atoms with Crippen LogP contribution < -0.4 is 9.80 Å². The van der Waals surface area contributed by atoms with Gasteiger partial charge in [-0.3, -0.25) is 0 Å². The van der Waals surface area contributed by atoms with E-state index in [0.29, 0.717) is 23.0 Å². The number of aromatic nitrogens is 4. The summed E-state index contributed by atoms with van der Waals surface area (Å²) < 4.78 is 1.76. The van der Waals surface area contributed by atoms with E-state index in [1.165, 1.54) is 4.90 Å². The Hall–Kier alpha value is -3.65. The van der Waals surface area contributed by atoms with Crippen molar-refractivity contribution in [3.05, 3.63) is 65.6 Å². The summed E-state index contributed by atoms with van der Waals surface area (Å²) in [7, 11) is 3.65. The van der Waals surface area contributed by atoms with Crippen LogP contribution in [0.3, 0.4) is 0 Å². The van der Waals surface area contributed by atoms with Crippen LogP contribution in [0, 0.1) is 6.92 Å². The van der Waals surface area contributed by atoms with E-state index in [2.05, 4.69) is 15.0 Å². The van der Waals surface area contributed by atoms with E-state index >= 15 is 0 Å². The predicted octanol–water partition coefficient (Wildman–Crippen LogP) is 4.91. The number of carboxylic acid groups (broad SMARTS) is 1. The molecule has 0 aliphatic heterocycles. The Morgan fingerprint density at radius 1 is 1.07 bits per heavy atom. The minimum atomic E-state index is -1.11. The maximum Gasteiger partial charge on any atom is 0.418 e. The molecule has 2 aromatic carbocycles. The van der Waals surface area contributed by atoms with Gasteiger partial charge in [-0.15, -0.1) is 0 Å². The molecule has 2 aromatic heterocycles. The number of imidazole rings is 1. The first-order valence-electron chi connectivity index (χ1n) is 9.13. The lowest BCUT2D eigenvalue weighted by atomic mass is 10.2. The Morgan fingerprint density at radius 2 is 1.77 bits per heavy atom. The van der Waals surface area contributed by atoms with Crippen LogP contribution >= 0.6 is 11.6 Å². The molecule has 9 heteroatoms. The highest BCUT2D eigenvalue weighted by Gasteiger charge is 2.23. The fourth-order valence-corrected chi connectivity index (χ4v) is 3.38. The van der Waals surface area contributed by atoms with Gasteiger partial charge in [0.05, 0.1) is 16.7 Å². The van der Waals surface area contributed by atoms with Crippen LogP contribution in [0.15, 0.2) is 54.7 Å². The smallest absolute Gasteiger partial charge is 0.418 e. The fourth-order valence-electron chi connectivity index (χ4n) is 3.23. The number of anilines is 4. The summed E-state index contributed by atoms with van der Waals surface area (Å²) in [6, 6.07) is 14.7. The number of fused-ring (bicyclic) bond motifs is 1. The molecule has 0 saturated carbocycles. The zero-order valence-electron chi connectivity index (χ0n) is 16.6. The van der Waals surface area contributed by atoms with Crippen LogP contribution in [0.25, 0.3) is 11.0 Å². The molecular weight excluding hydrogens is 404 g/mol. The van der Waals surface area contributed by atoms with Crippen molar-refractivity contribution in [1.29, 1.82) is 0 Å². The highest BCUT2D eigenvalue weighted by Crippen LogP contribution is 2.31. The van der Waals surface area contributed by atoms with E-state index < -0.39 is 6.09 Å². The average Bonchev–Trinajstić information content (AvgIpc) is 3.04. The van der Waals surface area contributed by atoms with Crippen molar-refractivity contribution < 1.29 is 9.90 Å². The molecule has 0 saturated heterocycles. The van der Waals surface area contributed by atoms with Crippen LogP contribution in [0.1, 0.15) is 5.56 Å². The van der Waals surface area contributed by atoms with Crippen molar-refractivity contribution in [2.75, 3.05) is 16.8 Å². The number of hydrogen-bond donors (Lipinski definition) is 1. The summed E-state index contributed by atoms with van der Waals surface area (Å²) in [6.45, 7) is 1.95. The second-order valence-corrected chi connectivity index (χ2v) is 7.18. The monoisotopic (exact) mass is 422 g/mol. The molecule has 0 aliphatic carbocycles. The number of hydrogen-bond acceptors (Lipinski definition) is 5. The molecule has 4 rings (SSSR count). The van der Waals surface area contributed by atoms with Gasteiger partial charge >= 0.3 is 6.09 Å². The van der Waals surface area contributed by atoms with Gasteiger partial charge < -0.3 is 14.6 Å². The van der Waals surface area contributed by atoms with Crippen molar-refractivity contribution in [3.8, 4) is 0 Å². The Labute approximate surface area is 178 Å². The van der Waals surface area contributed by atoms with E-state index in [4.69, 9.17) is 11.6 Å². The van der Waals surface area contributed by atoms with Gasteiger partial charge in [0.25, 0.3) is 0 Å². The van der Waals surface area contributed by atoms with Gasteiger partial charge in [-0.1, -0.05) is 17.7 Å². The van der Waals surface area contributed by atoms with Crippen molar-refractivity contribution in [2.24, 2.45) is 7.05 Å². The number of amides is 1. The quantitative estimate of drug-likeness (QED) is 0.470. The Kier molecular flexibility index (Phi) is 5.01. The molecule has 0 bridgehead atoms. The number of carbonyl (C=O) groups is 1. The normalized spacial score (nSPS) is 10.9. The third kappa shape index (κ3) is 3.53. The molecule has 2 heterocycles. The maximum absolute atomic E-state index is 12.0. The third-order valence-corrected chi connectivity index (χ3v) is 5.05. The zero-order valence-corrected chi connectivity index (χ0v) is 17.4. The number of aryl methyl sites for hydroxylation is 2. The van der Waals surface area contributed by atoms with Gasteiger partial charge in [0.1, 0.15) is 5.82 Å². The Morgan fingerprint density at radius 3 is 2.43 bits per heavy atom. The van der Waals surface area contributed by atoms with Crippen molar-refractivity contribution in [1.82, 2.24) is 19.5 Å². The van der Waals surface area contributed by atoms with Gasteiger partial charge in [0.2, 0.25) is 11.2 Å². The molecule has 152 valence electrons. The first kappa shape index (κ1) is 19.7. The highest BCUT2D eigenvalue weighted by molar-refractivity contribution is 6.28. The fraction of sp³-hybridized carbons (Fsp3) is 0.143. The van der Waals surface area contributed by atoms with Crippen LogP contribution in [0.4, 0.5) is 27.9 Å². The van der Waals surface area contributed by atoms with Crippen LogP contribution in [-0.2, 0) is 7.05 Å². The number of nitrogens with zero attached hydrogens (tertiary/aromatic N) is 6. The highest BCUT2D eigenvalue weighted by atomic mass is 35.5. The lowest BCUT2D eigenvalue weighted by Crippen LogP contribution is -2.26. The largest absolute Gasteiger partial charge is 0.464 e. The third-order valence-electron chi connectivity index (χ3n) is 4.87. The molecule has 1 N–H and O–H groups in total. The molecule has 0 atom stereocenters. The summed E-state index contributed by atoms with van der Waals surface area (Å²) in [4.78, 5) is 27.8. The summed E-state index contributed by atoms with van der Waals surface area (Å²) in [6.07, 6.45) is 0.482. The molecule has 30 heavy (non-hydrogen) atoms. The Bertz CT molecular complexity index is 1240. The molecule has 0 spiro atoms. The summed E-state index contributed by atoms with van der Waals surface area (Å²) >= 11 is 5.90. The standard InChI is InChI=1S/C21H19ClN6O2/c1-13-4-6-14(7-5-13)28(21(29)30)20-24-16-12-15(8-9-17(16)27(20)3)26(2)18-10-11-23-19(22)25-18/h4-12H,1-3H3,(H,29,30). The molecule has 8 nitrogen and oxygen atoms in total. The second kappa shape index (κ2) is 7.64. The van der Waals surface area contributed by atoms with E-state index in [1.807, 2.05) is 49.2 Å². The van der Waals surface area contributed by atoms with Gasteiger partial charge in [-0.25, -0.2) is 24.6 Å².